The molecule has 1 amide bonds. The van der Waals surface area contributed by atoms with Gasteiger partial charge in [0.2, 0.25) is 5.89 Å². The Morgan fingerprint density at radius 2 is 2.06 bits per heavy atom. The van der Waals surface area contributed by atoms with E-state index in [-0.39, 0.29) is 23.1 Å². The average molecular weight is 428 g/mol. The maximum atomic E-state index is 14.1. The summed E-state index contributed by atoms with van der Waals surface area (Å²) in [4.78, 5) is 20.0. The molecule has 0 bridgehead atoms. The molecule has 0 N–H and O–H groups in total. The largest absolute Gasteiger partial charge is 0.381 e. The molecule has 0 spiro atoms. The first-order valence-electron chi connectivity index (χ1n) is 11.5. The number of benzene rings is 1. The van der Waals surface area contributed by atoms with E-state index in [2.05, 4.69) is 5.16 Å². The smallest absolute Gasteiger partial charge is 0.253 e. The van der Waals surface area contributed by atoms with E-state index in [0.29, 0.717) is 36.0 Å². The van der Waals surface area contributed by atoms with Crippen molar-refractivity contribution in [3.8, 4) is 0 Å². The molecule has 0 radical (unpaired) electrons. The summed E-state index contributed by atoms with van der Waals surface area (Å²) >= 11 is 0. The maximum Gasteiger partial charge on any atom is 0.253 e. The Morgan fingerprint density at radius 1 is 1.26 bits per heavy atom. The van der Waals surface area contributed by atoms with Crippen LogP contribution in [0.1, 0.15) is 78.5 Å². The molecular weight excluding hydrogens is 397 g/mol. The van der Waals surface area contributed by atoms with Crippen LogP contribution in [0.5, 0.6) is 0 Å². The lowest BCUT2D eigenvalue weighted by molar-refractivity contribution is 0.0606. The van der Waals surface area contributed by atoms with Gasteiger partial charge >= 0.3 is 0 Å². The Hall–Kier alpha value is -2.28. The molecule has 2 saturated heterocycles. The number of carbonyl (C=O) groups excluding carboxylic acids is 1. The number of ether oxygens (including phenoxy) is 1. The summed E-state index contributed by atoms with van der Waals surface area (Å²) in [6.07, 6.45) is 7.07. The molecule has 166 valence electrons. The number of nitrogens with zero attached hydrogens (tertiary/aromatic N) is 3. The Bertz CT molecular complexity index is 951. The van der Waals surface area contributed by atoms with Gasteiger partial charge in [-0.3, -0.25) is 4.79 Å². The molecule has 7 heteroatoms. The zero-order valence-corrected chi connectivity index (χ0v) is 18.1. The quantitative estimate of drug-likeness (QED) is 0.708. The van der Waals surface area contributed by atoms with Crippen molar-refractivity contribution in [3.63, 3.8) is 0 Å². The number of aromatic nitrogens is 2. The van der Waals surface area contributed by atoms with Crippen molar-refractivity contribution in [2.24, 2.45) is 5.92 Å². The Kier molecular flexibility index (Phi) is 5.54. The third-order valence-corrected chi connectivity index (χ3v) is 7.15. The number of hydrogen-bond acceptors (Lipinski definition) is 5. The molecule has 1 unspecified atom stereocenters. The number of likely N-dealkylation sites (tertiary alicyclic amines) is 1. The predicted molar refractivity (Wildman–Crippen MR) is 112 cm³/mol. The number of piperidine rings is 1. The summed E-state index contributed by atoms with van der Waals surface area (Å²) in [6, 6.07) is 4.74. The Balaban J connectivity index is 1.40. The second-order valence-electron chi connectivity index (χ2n) is 9.56. The van der Waals surface area contributed by atoms with Crippen LogP contribution in [0.15, 0.2) is 22.7 Å². The van der Waals surface area contributed by atoms with Gasteiger partial charge < -0.3 is 14.2 Å². The molecule has 31 heavy (non-hydrogen) atoms. The Labute approximate surface area is 182 Å². The van der Waals surface area contributed by atoms with Crippen LogP contribution in [-0.2, 0) is 10.2 Å². The lowest BCUT2D eigenvalue weighted by atomic mass is 9.74. The molecule has 3 fully saturated rings. The molecule has 5 rings (SSSR count). The zero-order chi connectivity index (χ0) is 21.4. The molecule has 3 heterocycles. The second kappa shape index (κ2) is 8.34. The van der Waals surface area contributed by atoms with Crippen molar-refractivity contribution >= 4 is 5.91 Å². The third kappa shape index (κ3) is 4.25. The number of carbonyl (C=O) groups is 1. The van der Waals surface area contributed by atoms with Gasteiger partial charge in [0.15, 0.2) is 5.82 Å². The highest BCUT2D eigenvalue weighted by atomic mass is 19.1. The van der Waals surface area contributed by atoms with E-state index in [4.69, 9.17) is 14.2 Å². The van der Waals surface area contributed by atoms with Crippen LogP contribution in [0.3, 0.4) is 0 Å². The van der Waals surface area contributed by atoms with Crippen molar-refractivity contribution < 1.29 is 18.4 Å². The standard InChI is InChI=1S/C24H30FN3O3/c1-16-3-6-19(13-20(16)25)22(29)28-10-2-9-24(15-28,14-17-4-5-17)23-26-21(31-27-23)18-7-11-30-12-8-18/h3,6,13,17-18H,2,4-5,7-12,14-15H2,1H3. The minimum Gasteiger partial charge on any atom is -0.381 e. The van der Waals surface area contributed by atoms with Crippen molar-refractivity contribution in [2.45, 2.75) is 63.2 Å². The highest BCUT2D eigenvalue weighted by Crippen LogP contribution is 2.46. The van der Waals surface area contributed by atoms with Gasteiger partial charge in [-0.15, -0.1) is 0 Å². The van der Waals surface area contributed by atoms with Gasteiger partial charge in [0.05, 0.1) is 5.41 Å². The van der Waals surface area contributed by atoms with Gasteiger partial charge in [-0.25, -0.2) is 4.39 Å². The fourth-order valence-corrected chi connectivity index (χ4v) is 5.09. The lowest BCUT2D eigenvalue weighted by Crippen LogP contribution is -2.49. The van der Waals surface area contributed by atoms with E-state index in [1.54, 1.807) is 19.1 Å². The van der Waals surface area contributed by atoms with Gasteiger partial charge in [-0.05, 0) is 62.6 Å². The topological polar surface area (TPSA) is 68.5 Å². The molecule has 2 aliphatic heterocycles. The van der Waals surface area contributed by atoms with E-state index >= 15 is 0 Å². The molecule has 2 aromatic rings. The minimum absolute atomic E-state index is 0.119. The van der Waals surface area contributed by atoms with Crippen molar-refractivity contribution in [1.82, 2.24) is 15.0 Å². The lowest BCUT2D eigenvalue weighted by Gasteiger charge is -2.41. The van der Waals surface area contributed by atoms with Gasteiger partial charge in [-0.2, -0.15) is 4.98 Å². The first kappa shape index (κ1) is 20.6. The molecule has 1 aromatic heterocycles. The number of aryl methyl sites for hydroxylation is 1. The Morgan fingerprint density at radius 3 is 2.81 bits per heavy atom. The number of hydrogen-bond donors (Lipinski definition) is 0. The average Bonchev–Trinajstić information content (AvgIpc) is 3.45. The molecule has 1 saturated carbocycles. The fraction of sp³-hybridized carbons (Fsp3) is 0.625. The highest BCUT2D eigenvalue weighted by Gasteiger charge is 2.46. The van der Waals surface area contributed by atoms with E-state index in [0.717, 1.165) is 51.1 Å². The molecular formula is C24H30FN3O3. The maximum absolute atomic E-state index is 14.1. The van der Waals surface area contributed by atoms with Crippen LogP contribution in [0.2, 0.25) is 0 Å². The fourth-order valence-electron chi connectivity index (χ4n) is 5.09. The summed E-state index contributed by atoms with van der Waals surface area (Å²) in [7, 11) is 0. The first-order valence-corrected chi connectivity index (χ1v) is 11.5. The van der Waals surface area contributed by atoms with Crippen LogP contribution in [0, 0.1) is 18.7 Å². The van der Waals surface area contributed by atoms with Crippen molar-refractivity contribution in [3.05, 3.63) is 46.9 Å². The summed E-state index contributed by atoms with van der Waals surface area (Å²) < 4.78 is 25.3. The summed E-state index contributed by atoms with van der Waals surface area (Å²) in [5.41, 5.74) is 0.664. The zero-order valence-electron chi connectivity index (χ0n) is 18.1. The van der Waals surface area contributed by atoms with Crippen LogP contribution >= 0.6 is 0 Å². The number of halogens is 1. The van der Waals surface area contributed by atoms with Crippen molar-refractivity contribution in [1.29, 1.82) is 0 Å². The first-order chi connectivity index (χ1) is 15.0. The van der Waals surface area contributed by atoms with Crippen LogP contribution in [0.4, 0.5) is 4.39 Å². The van der Waals surface area contributed by atoms with Crippen LogP contribution in [0.25, 0.3) is 0 Å². The molecule has 6 nitrogen and oxygen atoms in total. The van der Waals surface area contributed by atoms with E-state index in [1.165, 1.54) is 18.9 Å². The predicted octanol–water partition coefficient (Wildman–Crippen LogP) is 4.39. The van der Waals surface area contributed by atoms with Gasteiger partial charge in [0, 0.05) is 37.8 Å². The van der Waals surface area contributed by atoms with Crippen molar-refractivity contribution in [2.75, 3.05) is 26.3 Å². The normalized spacial score (nSPS) is 25.0. The monoisotopic (exact) mass is 427 g/mol. The SMILES string of the molecule is Cc1ccc(C(=O)N2CCCC(CC3CC3)(c3noc(C4CCOCC4)n3)C2)cc1F. The second-order valence-corrected chi connectivity index (χ2v) is 9.56. The third-order valence-electron chi connectivity index (χ3n) is 7.15. The van der Waals surface area contributed by atoms with E-state index in [1.807, 2.05) is 4.90 Å². The van der Waals surface area contributed by atoms with Gasteiger partial charge in [-0.1, -0.05) is 24.1 Å². The van der Waals surface area contributed by atoms with Gasteiger partial charge in [0.25, 0.3) is 5.91 Å². The molecule has 3 aliphatic rings. The molecule has 1 atom stereocenters. The van der Waals surface area contributed by atoms with E-state index < -0.39 is 0 Å². The van der Waals surface area contributed by atoms with E-state index in [9.17, 15) is 9.18 Å². The number of amides is 1. The minimum atomic E-state index is -0.341. The number of rotatable bonds is 5. The van der Waals surface area contributed by atoms with Crippen LogP contribution < -0.4 is 0 Å². The van der Waals surface area contributed by atoms with Crippen LogP contribution in [-0.4, -0.2) is 47.3 Å². The highest BCUT2D eigenvalue weighted by molar-refractivity contribution is 5.94. The molecule has 1 aromatic carbocycles. The summed E-state index contributed by atoms with van der Waals surface area (Å²) in [5.74, 6) is 1.91. The summed E-state index contributed by atoms with van der Waals surface area (Å²) in [5, 5.41) is 4.44. The van der Waals surface area contributed by atoms with Gasteiger partial charge in [0.1, 0.15) is 5.82 Å². The molecule has 1 aliphatic carbocycles. The summed E-state index contributed by atoms with van der Waals surface area (Å²) in [6.45, 7) is 4.39.